The molecule has 3 aromatic carbocycles. The summed E-state index contributed by atoms with van der Waals surface area (Å²) < 4.78 is 3.70. The van der Waals surface area contributed by atoms with Crippen LogP contribution in [0.3, 0.4) is 0 Å². The van der Waals surface area contributed by atoms with E-state index in [0.29, 0.717) is 23.6 Å². The Bertz CT molecular complexity index is 1390. The molecular formula is C24H18ClN3O. The zero-order valence-electron chi connectivity index (χ0n) is 15.6. The Kier molecular flexibility index (Phi) is 4.41. The smallest absolute Gasteiger partial charge is 0.278 e. The van der Waals surface area contributed by atoms with Crippen molar-refractivity contribution in [1.29, 1.82) is 0 Å². The van der Waals surface area contributed by atoms with Gasteiger partial charge < -0.3 is 4.57 Å². The van der Waals surface area contributed by atoms with Crippen LogP contribution in [0, 0.1) is 0 Å². The zero-order valence-corrected chi connectivity index (χ0v) is 16.4. The lowest BCUT2D eigenvalue weighted by Gasteiger charge is -2.10. The van der Waals surface area contributed by atoms with Crippen LogP contribution < -0.4 is 5.56 Å². The molecule has 142 valence electrons. The monoisotopic (exact) mass is 399 g/mol. The first-order valence-corrected chi connectivity index (χ1v) is 9.84. The Morgan fingerprint density at radius 2 is 1.55 bits per heavy atom. The van der Waals surface area contributed by atoms with Gasteiger partial charge in [-0.15, -0.1) is 0 Å². The lowest BCUT2D eigenvalue weighted by atomic mass is 10.2. The second-order valence-corrected chi connectivity index (χ2v) is 7.46. The molecule has 0 N–H and O–H groups in total. The normalized spacial score (nSPS) is 11.3. The molecule has 2 heterocycles. The van der Waals surface area contributed by atoms with Crippen molar-refractivity contribution in [2.45, 2.75) is 13.1 Å². The summed E-state index contributed by atoms with van der Waals surface area (Å²) in [6.45, 7) is 0.992. The number of para-hydroxylation sites is 1. The molecule has 0 saturated carbocycles. The van der Waals surface area contributed by atoms with E-state index in [-0.39, 0.29) is 5.56 Å². The minimum Gasteiger partial charge on any atom is -0.330 e. The number of aromatic nitrogens is 3. The quantitative estimate of drug-likeness (QED) is 0.421. The van der Waals surface area contributed by atoms with Gasteiger partial charge in [0.15, 0.2) is 0 Å². The third-order valence-corrected chi connectivity index (χ3v) is 5.58. The average Bonchev–Trinajstić information content (AvgIpc) is 3.07. The van der Waals surface area contributed by atoms with Crippen LogP contribution in [0.25, 0.3) is 21.9 Å². The first-order valence-electron chi connectivity index (χ1n) is 9.46. The lowest BCUT2D eigenvalue weighted by Crippen LogP contribution is -2.23. The second-order valence-electron chi connectivity index (χ2n) is 7.06. The van der Waals surface area contributed by atoms with E-state index in [0.717, 1.165) is 27.5 Å². The van der Waals surface area contributed by atoms with E-state index in [1.54, 1.807) is 10.9 Å². The molecule has 0 aliphatic carbocycles. The van der Waals surface area contributed by atoms with Gasteiger partial charge in [-0.05, 0) is 23.3 Å². The van der Waals surface area contributed by atoms with Gasteiger partial charge >= 0.3 is 0 Å². The number of benzene rings is 3. The molecular weight excluding hydrogens is 382 g/mol. The molecule has 0 saturated heterocycles. The minimum absolute atomic E-state index is 0.0536. The molecule has 0 unspecified atom stereocenters. The van der Waals surface area contributed by atoms with E-state index >= 15 is 0 Å². The summed E-state index contributed by atoms with van der Waals surface area (Å²) in [6, 6.07) is 25.6. The highest BCUT2D eigenvalue weighted by Gasteiger charge is 2.17. The summed E-state index contributed by atoms with van der Waals surface area (Å²) in [6.07, 6.45) is 1.64. The highest BCUT2D eigenvalue weighted by molar-refractivity contribution is 6.31. The highest BCUT2D eigenvalue weighted by Crippen LogP contribution is 2.27. The molecule has 5 rings (SSSR count). The zero-order chi connectivity index (χ0) is 19.8. The largest absolute Gasteiger partial charge is 0.330 e. The molecule has 5 aromatic rings. The molecule has 0 bridgehead atoms. The van der Waals surface area contributed by atoms with E-state index in [9.17, 15) is 4.79 Å². The summed E-state index contributed by atoms with van der Waals surface area (Å²) in [5.41, 5.74) is 4.28. The molecule has 0 aliphatic heterocycles. The van der Waals surface area contributed by atoms with Gasteiger partial charge in [-0.1, -0.05) is 78.3 Å². The molecule has 4 nitrogen and oxygen atoms in total. The maximum Gasteiger partial charge on any atom is 0.278 e. The van der Waals surface area contributed by atoms with Crippen molar-refractivity contribution >= 4 is 33.5 Å². The number of hydrogen-bond donors (Lipinski definition) is 0. The maximum absolute atomic E-state index is 13.5. The molecule has 0 spiro atoms. The number of fused-ring (bicyclic) bond motifs is 3. The van der Waals surface area contributed by atoms with Crippen molar-refractivity contribution < 1.29 is 0 Å². The lowest BCUT2D eigenvalue weighted by molar-refractivity contribution is 0.737. The fourth-order valence-corrected chi connectivity index (χ4v) is 4.00. The average molecular weight is 400 g/mol. The number of nitrogens with zero attached hydrogens (tertiary/aromatic N) is 3. The van der Waals surface area contributed by atoms with Gasteiger partial charge in [0.2, 0.25) is 0 Å². The summed E-state index contributed by atoms with van der Waals surface area (Å²) in [5, 5.41) is 1.66. The van der Waals surface area contributed by atoms with Crippen molar-refractivity contribution in [2.75, 3.05) is 0 Å². The Balaban J connectivity index is 1.74. The van der Waals surface area contributed by atoms with Crippen LogP contribution in [-0.2, 0) is 13.1 Å². The van der Waals surface area contributed by atoms with Gasteiger partial charge in [0.05, 0.1) is 18.4 Å². The second kappa shape index (κ2) is 7.22. The molecule has 5 heteroatoms. The van der Waals surface area contributed by atoms with Gasteiger partial charge in [0.1, 0.15) is 11.0 Å². The van der Waals surface area contributed by atoms with E-state index in [2.05, 4.69) is 4.98 Å². The van der Waals surface area contributed by atoms with Crippen LogP contribution in [0.5, 0.6) is 0 Å². The predicted molar refractivity (Wildman–Crippen MR) is 118 cm³/mol. The summed E-state index contributed by atoms with van der Waals surface area (Å²) in [5.74, 6) is 0. The van der Waals surface area contributed by atoms with E-state index in [1.807, 2.05) is 83.4 Å². The van der Waals surface area contributed by atoms with Crippen molar-refractivity contribution in [3.05, 3.63) is 112 Å². The third-order valence-electron chi connectivity index (χ3n) is 5.22. The summed E-state index contributed by atoms with van der Waals surface area (Å²) >= 11 is 6.41. The molecule has 0 amide bonds. The Hall–Kier alpha value is -3.37. The van der Waals surface area contributed by atoms with Crippen molar-refractivity contribution in [3.63, 3.8) is 0 Å². The fraction of sp³-hybridized carbons (Fsp3) is 0.0833. The van der Waals surface area contributed by atoms with Crippen LogP contribution >= 0.6 is 11.6 Å². The van der Waals surface area contributed by atoms with Gasteiger partial charge in [-0.2, -0.15) is 0 Å². The van der Waals surface area contributed by atoms with Crippen LogP contribution in [0.15, 0.2) is 90.0 Å². The fourth-order valence-electron chi connectivity index (χ4n) is 3.80. The van der Waals surface area contributed by atoms with Crippen LogP contribution in [0.4, 0.5) is 0 Å². The number of halogens is 1. The third kappa shape index (κ3) is 3.12. The van der Waals surface area contributed by atoms with Crippen molar-refractivity contribution in [1.82, 2.24) is 14.1 Å². The van der Waals surface area contributed by atoms with E-state index in [4.69, 9.17) is 11.6 Å². The van der Waals surface area contributed by atoms with E-state index in [1.165, 1.54) is 0 Å². The molecule has 0 atom stereocenters. The van der Waals surface area contributed by atoms with Crippen molar-refractivity contribution in [3.8, 4) is 0 Å². The molecule has 29 heavy (non-hydrogen) atoms. The van der Waals surface area contributed by atoms with Crippen LogP contribution in [0.1, 0.15) is 11.1 Å². The Morgan fingerprint density at radius 1 is 0.828 bits per heavy atom. The molecule has 0 aliphatic rings. The minimum atomic E-state index is -0.0536. The van der Waals surface area contributed by atoms with Gasteiger partial charge in [0.25, 0.3) is 5.56 Å². The van der Waals surface area contributed by atoms with Gasteiger partial charge in [0, 0.05) is 17.0 Å². The van der Waals surface area contributed by atoms with Gasteiger partial charge in [-0.3, -0.25) is 9.36 Å². The number of rotatable bonds is 4. The SMILES string of the molecule is O=c1c2c(ncn1Cc1ccccc1)c1ccccc1n2Cc1ccccc1Cl. The standard InChI is InChI=1S/C24H18ClN3O/c25-20-12-6-4-10-18(20)15-28-21-13-7-5-11-19(21)22-23(28)24(29)27(16-26-22)14-17-8-2-1-3-9-17/h1-13,16H,14-15H2. The molecule has 0 radical (unpaired) electrons. The Labute approximate surface area is 172 Å². The maximum atomic E-state index is 13.5. The first-order chi connectivity index (χ1) is 14.2. The topological polar surface area (TPSA) is 39.8 Å². The molecule has 2 aromatic heterocycles. The van der Waals surface area contributed by atoms with Crippen molar-refractivity contribution in [2.24, 2.45) is 0 Å². The number of hydrogen-bond acceptors (Lipinski definition) is 2. The van der Waals surface area contributed by atoms with Gasteiger partial charge in [-0.25, -0.2) is 4.98 Å². The summed E-state index contributed by atoms with van der Waals surface area (Å²) in [4.78, 5) is 18.1. The summed E-state index contributed by atoms with van der Waals surface area (Å²) in [7, 11) is 0. The highest BCUT2D eigenvalue weighted by atomic mass is 35.5. The predicted octanol–water partition coefficient (Wildman–Crippen LogP) is 5.10. The Morgan fingerprint density at radius 3 is 2.38 bits per heavy atom. The molecule has 0 fully saturated rings. The van der Waals surface area contributed by atoms with E-state index < -0.39 is 0 Å². The first kappa shape index (κ1) is 17.7. The van der Waals surface area contributed by atoms with Crippen LogP contribution in [-0.4, -0.2) is 14.1 Å². The van der Waals surface area contributed by atoms with Crippen LogP contribution in [0.2, 0.25) is 5.02 Å².